The summed E-state index contributed by atoms with van der Waals surface area (Å²) in [6.45, 7) is 0. The smallest absolute Gasteiger partial charge is 0.370 e. The number of halogens is 2. The van der Waals surface area contributed by atoms with Crippen molar-refractivity contribution < 1.29 is 15.0 Å². The second-order valence-electron chi connectivity index (χ2n) is 2.47. The van der Waals surface area contributed by atoms with Crippen molar-refractivity contribution >= 4 is 35.2 Å². The second kappa shape index (κ2) is 4.35. The number of hydrogen-bond acceptors (Lipinski definition) is 2. The van der Waals surface area contributed by atoms with Gasteiger partial charge in [0.2, 0.25) is 5.76 Å². The Morgan fingerprint density at radius 2 is 1.71 bits per heavy atom. The van der Waals surface area contributed by atoms with E-state index in [0.29, 0.717) is 0 Å². The average molecular weight is 233 g/mol. The van der Waals surface area contributed by atoms with Crippen LogP contribution < -0.4 is 0 Å². The van der Waals surface area contributed by atoms with Crippen LogP contribution in [0.15, 0.2) is 24.0 Å². The van der Waals surface area contributed by atoms with Crippen molar-refractivity contribution in [3.8, 4) is 0 Å². The Balaban J connectivity index is 3.20. The molecule has 0 saturated heterocycles. The summed E-state index contributed by atoms with van der Waals surface area (Å²) >= 11 is 11.5. The highest BCUT2D eigenvalue weighted by molar-refractivity contribution is 6.37. The minimum atomic E-state index is -1.43. The molecular formula is C9H6Cl2O3. The second-order valence-corrected chi connectivity index (χ2v) is 3.28. The van der Waals surface area contributed by atoms with E-state index in [0.717, 1.165) is 6.08 Å². The molecule has 0 bridgehead atoms. The van der Waals surface area contributed by atoms with Crippen LogP contribution in [0.5, 0.6) is 0 Å². The topological polar surface area (TPSA) is 57.5 Å². The fourth-order valence-electron chi connectivity index (χ4n) is 0.847. The van der Waals surface area contributed by atoms with E-state index in [2.05, 4.69) is 0 Å². The first-order valence-corrected chi connectivity index (χ1v) is 4.36. The molecule has 5 heteroatoms. The average Bonchev–Trinajstić information content (AvgIpc) is 2.11. The fourth-order valence-corrected chi connectivity index (χ4v) is 1.35. The maximum Gasteiger partial charge on any atom is 0.370 e. The highest BCUT2D eigenvalue weighted by Gasteiger charge is 2.08. The Morgan fingerprint density at radius 3 is 2.14 bits per heavy atom. The molecule has 0 radical (unpaired) electrons. The standard InChI is InChI=1S/C9H6Cl2O3/c10-6-2-1-3-7(11)5(6)4-8(12)9(13)14/h1-4,12H,(H,13,14). The van der Waals surface area contributed by atoms with E-state index in [1.165, 1.54) is 0 Å². The number of aliphatic carboxylic acids is 1. The van der Waals surface area contributed by atoms with Crippen molar-refractivity contribution in [2.24, 2.45) is 0 Å². The van der Waals surface area contributed by atoms with Gasteiger partial charge in [0.1, 0.15) is 0 Å². The summed E-state index contributed by atoms with van der Waals surface area (Å²) in [5.41, 5.74) is 0.288. The molecule has 1 rings (SSSR count). The highest BCUT2D eigenvalue weighted by Crippen LogP contribution is 2.26. The lowest BCUT2D eigenvalue weighted by Gasteiger charge is -2.00. The van der Waals surface area contributed by atoms with E-state index in [1.54, 1.807) is 18.2 Å². The van der Waals surface area contributed by atoms with E-state index in [-0.39, 0.29) is 15.6 Å². The Bertz CT molecular complexity index is 379. The molecule has 0 aromatic heterocycles. The molecule has 0 aliphatic heterocycles. The predicted molar refractivity (Wildman–Crippen MR) is 54.7 cm³/mol. The first kappa shape index (κ1) is 10.9. The molecule has 0 unspecified atom stereocenters. The molecule has 0 spiro atoms. The van der Waals surface area contributed by atoms with Gasteiger partial charge in [-0.2, -0.15) is 0 Å². The zero-order chi connectivity index (χ0) is 10.7. The third-order valence-electron chi connectivity index (χ3n) is 1.50. The summed E-state index contributed by atoms with van der Waals surface area (Å²) in [5.74, 6) is -2.24. The largest absolute Gasteiger partial charge is 0.502 e. The number of aliphatic hydroxyl groups excluding tert-OH is 1. The molecule has 2 N–H and O–H groups in total. The molecule has 1 aromatic carbocycles. The summed E-state index contributed by atoms with van der Waals surface area (Å²) in [5, 5.41) is 18.0. The summed E-state index contributed by atoms with van der Waals surface area (Å²) in [4.78, 5) is 10.3. The third-order valence-corrected chi connectivity index (χ3v) is 2.16. The van der Waals surface area contributed by atoms with Crippen LogP contribution >= 0.6 is 23.2 Å². The number of carbonyl (C=O) groups is 1. The Hall–Kier alpha value is -1.19. The quantitative estimate of drug-likeness (QED) is 0.609. The van der Waals surface area contributed by atoms with Gasteiger partial charge in [0.05, 0.1) is 0 Å². The molecular weight excluding hydrogens is 227 g/mol. The fraction of sp³-hybridized carbons (Fsp3) is 0. The van der Waals surface area contributed by atoms with Gasteiger partial charge in [0.15, 0.2) is 0 Å². The molecule has 0 saturated carbocycles. The number of rotatable bonds is 2. The number of carboxylic acids is 1. The summed E-state index contributed by atoms with van der Waals surface area (Å²) in [7, 11) is 0. The molecule has 0 aliphatic carbocycles. The van der Waals surface area contributed by atoms with Crippen LogP contribution in [-0.4, -0.2) is 16.2 Å². The maximum atomic E-state index is 10.3. The Morgan fingerprint density at radius 1 is 1.21 bits per heavy atom. The highest BCUT2D eigenvalue weighted by atomic mass is 35.5. The van der Waals surface area contributed by atoms with E-state index in [9.17, 15) is 4.79 Å². The van der Waals surface area contributed by atoms with Crippen molar-refractivity contribution in [2.45, 2.75) is 0 Å². The molecule has 1 aromatic rings. The molecule has 0 atom stereocenters. The number of benzene rings is 1. The zero-order valence-electron chi connectivity index (χ0n) is 6.87. The van der Waals surface area contributed by atoms with Crippen LogP contribution in [0, 0.1) is 0 Å². The van der Waals surface area contributed by atoms with Gasteiger partial charge < -0.3 is 10.2 Å². The van der Waals surface area contributed by atoms with Crippen molar-refractivity contribution in [1.29, 1.82) is 0 Å². The SMILES string of the molecule is O=C(O)C(O)=Cc1c(Cl)cccc1Cl. The van der Waals surface area contributed by atoms with Crippen LogP contribution in [-0.2, 0) is 4.79 Å². The van der Waals surface area contributed by atoms with E-state index < -0.39 is 11.7 Å². The lowest BCUT2D eigenvalue weighted by atomic mass is 10.2. The molecule has 14 heavy (non-hydrogen) atoms. The van der Waals surface area contributed by atoms with Crippen LogP contribution in [0.1, 0.15) is 5.56 Å². The first-order valence-electron chi connectivity index (χ1n) is 3.60. The molecule has 0 heterocycles. The summed E-state index contributed by atoms with van der Waals surface area (Å²) < 4.78 is 0. The normalized spacial score (nSPS) is 11.4. The molecule has 3 nitrogen and oxygen atoms in total. The first-order chi connectivity index (χ1) is 6.52. The van der Waals surface area contributed by atoms with Gasteiger partial charge in [0, 0.05) is 15.6 Å². The van der Waals surface area contributed by atoms with Gasteiger partial charge in [-0.3, -0.25) is 0 Å². The monoisotopic (exact) mass is 232 g/mol. The lowest BCUT2D eigenvalue weighted by molar-refractivity contribution is -0.135. The van der Waals surface area contributed by atoms with Gasteiger partial charge in [-0.25, -0.2) is 4.79 Å². The van der Waals surface area contributed by atoms with Gasteiger partial charge >= 0.3 is 5.97 Å². The van der Waals surface area contributed by atoms with Gasteiger partial charge in [-0.05, 0) is 18.2 Å². The van der Waals surface area contributed by atoms with Crippen LogP contribution in [0.25, 0.3) is 6.08 Å². The Kier molecular flexibility index (Phi) is 3.38. The third kappa shape index (κ3) is 2.40. The Labute approximate surface area is 90.2 Å². The van der Waals surface area contributed by atoms with Crippen molar-refractivity contribution in [1.82, 2.24) is 0 Å². The number of hydrogen-bond donors (Lipinski definition) is 2. The van der Waals surface area contributed by atoms with Crippen molar-refractivity contribution in [2.75, 3.05) is 0 Å². The number of carboxylic acid groups (broad SMARTS) is 1. The lowest BCUT2D eigenvalue weighted by Crippen LogP contribution is -1.98. The van der Waals surface area contributed by atoms with Crippen molar-refractivity contribution in [3.05, 3.63) is 39.6 Å². The van der Waals surface area contributed by atoms with Crippen LogP contribution in [0.3, 0.4) is 0 Å². The maximum absolute atomic E-state index is 10.3. The number of aliphatic hydroxyl groups is 1. The molecule has 0 amide bonds. The van der Waals surface area contributed by atoms with E-state index >= 15 is 0 Å². The van der Waals surface area contributed by atoms with E-state index in [1.807, 2.05) is 0 Å². The summed E-state index contributed by atoms with van der Waals surface area (Å²) in [6.07, 6.45) is 1.01. The minimum absolute atomic E-state index is 0.283. The van der Waals surface area contributed by atoms with E-state index in [4.69, 9.17) is 33.4 Å². The predicted octanol–water partition coefficient (Wildman–Crippen LogP) is 2.98. The summed E-state index contributed by atoms with van der Waals surface area (Å²) in [6, 6.07) is 4.72. The van der Waals surface area contributed by atoms with Crippen LogP contribution in [0.4, 0.5) is 0 Å². The molecule has 0 fully saturated rings. The van der Waals surface area contributed by atoms with Gasteiger partial charge in [0.25, 0.3) is 0 Å². The van der Waals surface area contributed by atoms with Crippen LogP contribution in [0.2, 0.25) is 10.0 Å². The van der Waals surface area contributed by atoms with Crippen molar-refractivity contribution in [3.63, 3.8) is 0 Å². The van der Waals surface area contributed by atoms with Gasteiger partial charge in [-0.1, -0.05) is 29.3 Å². The van der Waals surface area contributed by atoms with Gasteiger partial charge in [-0.15, -0.1) is 0 Å². The minimum Gasteiger partial charge on any atom is -0.502 e. The zero-order valence-corrected chi connectivity index (χ0v) is 8.38. The molecule has 0 aliphatic rings. The molecule has 74 valence electrons.